The summed E-state index contributed by atoms with van der Waals surface area (Å²) in [5, 5.41) is 12.0. The molecule has 29 heavy (non-hydrogen) atoms. The maximum atomic E-state index is 13.5. The van der Waals surface area contributed by atoms with Crippen LogP contribution in [0.5, 0.6) is 0 Å². The van der Waals surface area contributed by atoms with Crippen molar-refractivity contribution in [3.8, 4) is 0 Å². The Kier molecular flexibility index (Phi) is 8.48. The quantitative estimate of drug-likeness (QED) is 0.258. The average Bonchev–Trinajstić information content (AvgIpc) is 3.16. The van der Waals surface area contributed by atoms with Crippen LogP contribution < -0.4 is 10.6 Å². The van der Waals surface area contributed by atoms with E-state index in [1.807, 2.05) is 24.9 Å². The van der Waals surface area contributed by atoms with Crippen molar-refractivity contribution in [2.24, 2.45) is 12.0 Å². The Morgan fingerprint density at radius 2 is 2.03 bits per heavy atom. The van der Waals surface area contributed by atoms with E-state index in [1.54, 1.807) is 12.1 Å². The van der Waals surface area contributed by atoms with Crippen LogP contribution in [0.25, 0.3) is 10.9 Å². The Labute approximate surface area is 188 Å². The van der Waals surface area contributed by atoms with Gasteiger partial charge in [0.25, 0.3) is 0 Å². The van der Waals surface area contributed by atoms with Gasteiger partial charge in [-0.05, 0) is 62.9 Å². The Morgan fingerprint density at radius 1 is 1.24 bits per heavy atom. The number of guanidine groups is 1. The molecule has 0 radical (unpaired) electrons. The maximum Gasteiger partial charge on any atom is 0.191 e. The van der Waals surface area contributed by atoms with Gasteiger partial charge in [0.1, 0.15) is 5.82 Å². The molecular weight excluding hydrogens is 482 g/mol. The van der Waals surface area contributed by atoms with Crippen molar-refractivity contribution in [1.29, 1.82) is 0 Å². The maximum absolute atomic E-state index is 13.5. The fraction of sp³-hybridized carbons (Fsp3) is 0.429. The summed E-state index contributed by atoms with van der Waals surface area (Å²) in [6.07, 6.45) is 3.60. The zero-order chi connectivity index (χ0) is 20.1. The van der Waals surface area contributed by atoms with Gasteiger partial charge < -0.3 is 15.6 Å². The third-order valence-corrected chi connectivity index (χ3v) is 5.05. The minimum atomic E-state index is -0.211. The number of nitrogens with one attached hydrogen (secondary N) is 3. The van der Waals surface area contributed by atoms with E-state index in [4.69, 9.17) is 0 Å². The van der Waals surface area contributed by atoms with Gasteiger partial charge in [0.15, 0.2) is 5.96 Å². The summed E-state index contributed by atoms with van der Waals surface area (Å²) in [6.45, 7) is 8.40. The second kappa shape index (κ2) is 10.6. The highest BCUT2D eigenvalue weighted by Gasteiger charge is 2.09. The second-order valence-electron chi connectivity index (χ2n) is 6.96. The van der Waals surface area contributed by atoms with Gasteiger partial charge in [0.05, 0.1) is 5.69 Å². The van der Waals surface area contributed by atoms with Crippen molar-refractivity contribution in [2.75, 3.05) is 19.6 Å². The summed E-state index contributed by atoms with van der Waals surface area (Å²) < 4.78 is 15.4. The van der Waals surface area contributed by atoms with E-state index in [2.05, 4.69) is 39.6 Å². The number of hydrogen-bond donors (Lipinski definition) is 3. The molecule has 8 heteroatoms. The number of fused-ring (bicyclic) bond motifs is 1. The molecule has 158 valence electrons. The van der Waals surface area contributed by atoms with Crippen LogP contribution in [-0.4, -0.2) is 40.4 Å². The molecule has 0 unspecified atom stereocenters. The summed E-state index contributed by atoms with van der Waals surface area (Å²) in [5.74, 6) is 0.588. The third-order valence-electron chi connectivity index (χ3n) is 5.05. The molecule has 0 fully saturated rings. The number of H-pyrrole nitrogens is 1. The van der Waals surface area contributed by atoms with Crippen molar-refractivity contribution in [3.63, 3.8) is 0 Å². The fourth-order valence-electron chi connectivity index (χ4n) is 3.47. The minimum Gasteiger partial charge on any atom is -0.361 e. The highest BCUT2D eigenvalue weighted by atomic mass is 127. The summed E-state index contributed by atoms with van der Waals surface area (Å²) in [7, 11) is 1.97. The number of rotatable bonds is 7. The lowest BCUT2D eigenvalue weighted by atomic mass is 10.1. The molecule has 0 saturated carbocycles. The largest absolute Gasteiger partial charge is 0.361 e. The van der Waals surface area contributed by atoms with Crippen LogP contribution in [0.1, 0.15) is 29.4 Å². The molecule has 2 heterocycles. The topological polar surface area (TPSA) is 70.0 Å². The molecule has 2 aromatic heterocycles. The van der Waals surface area contributed by atoms with Crippen molar-refractivity contribution in [3.05, 3.63) is 52.7 Å². The highest BCUT2D eigenvalue weighted by molar-refractivity contribution is 14.0. The molecule has 0 aliphatic heterocycles. The number of aryl methyl sites for hydroxylation is 2. The molecule has 0 aliphatic carbocycles. The van der Waals surface area contributed by atoms with Crippen LogP contribution in [0.15, 0.2) is 29.4 Å². The standard InChI is InChI=1S/C21H29FN6.HI/c1-5-23-21(25-11-9-18-14(2)27-28(4)15(18)3)24-10-8-16-13-26-20-7-6-17(22)12-19(16)20;/h6-7,12-13,26H,5,8-11H2,1-4H3,(H2,23,24,25);1H. The molecule has 3 rings (SSSR count). The van der Waals surface area contributed by atoms with Crippen molar-refractivity contribution >= 4 is 40.8 Å². The van der Waals surface area contributed by atoms with E-state index in [0.29, 0.717) is 6.54 Å². The van der Waals surface area contributed by atoms with Gasteiger partial charge in [-0.2, -0.15) is 5.10 Å². The van der Waals surface area contributed by atoms with Crippen molar-refractivity contribution in [1.82, 2.24) is 25.4 Å². The van der Waals surface area contributed by atoms with E-state index in [1.165, 1.54) is 17.3 Å². The molecule has 0 spiro atoms. The Bertz CT molecular complexity index is 975. The molecule has 0 bridgehead atoms. The zero-order valence-electron chi connectivity index (χ0n) is 17.5. The SMILES string of the molecule is CCNC(=NCCc1c(C)nn(C)c1C)NCCc1c[nH]c2ccc(F)cc12.I. The first kappa shape index (κ1) is 23.2. The van der Waals surface area contributed by atoms with Crippen molar-refractivity contribution in [2.45, 2.75) is 33.6 Å². The molecule has 0 atom stereocenters. The summed E-state index contributed by atoms with van der Waals surface area (Å²) in [4.78, 5) is 7.88. The molecule has 0 saturated heterocycles. The molecule has 0 aliphatic rings. The van der Waals surface area contributed by atoms with Crippen LogP contribution in [0.2, 0.25) is 0 Å². The zero-order valence-corrected chi connectivity index (χ0v) is 19.8. The van der Waals surface area contributed by atoms with E-state index in [0.717, 1.165) is 54.1 Å². The van der Waals surface area contributed by atoms with Gasteiger partial charge in [0.2, 0.25) is 0 Å². The van der Waals surface area contributed by atoms with Crippen LogP contribution in [-0.2, 0) is 19.9 Å². The second-order valence-corrected chi connectivity index (χ2v) is 6.96. The minimum absolute atomic E-state index is 0. The molecule has 1 aromatic carbocycles. The molecular formula is C21H30FIN6. The van der Waals surface area contributed by atoms with Gasteiger partial charge >= 0.3 is 0 Å². The van der Waals surface area contributed by atoms with E-state index in [9.17, 15) is 4.39 Å². The summed E-state index contributed by atoms with van der Waals surface area (Å²) in [6, 6.07) is 4.83. The normalized spacial score (nSPS) is 11.6. The van der Waals surface area contributed by atoms with Crippen LogP contribution in [0, 0.1) is 19.7 Å². The van der Waals surface area contributed by atoms with Gasteiger partial charge in [-0.1, -0.05) is 0 Å². The van der Waals surface area contributed by atoms with Gasteiger partial charge in [0, 0.05) is 49.5 Å². The Hall–Kier alpha value is -2.10. The fourth-order valence-corrected chi connectivity index (χ4v) is 3.47. The predicted molar refractivity (Wildman–Crippen MR) is 128 cm³/mol. The van der Waals surface area contributed by atoms with E-state index < -0.39 is 0 Å². The number of benzene rings is 1. The lowest BCUT2D eigenvalue weighted by Crippen LogP contribution is -2.38. The molecule has 0 amide bonds. The lowest BCUT2D eigenvalue weighted by Gasteiger charge is -2.11. The number of aromatic nitrogens is 3. The first-order valence-corrected chi connectivity index (χ1v) is 9.76. The number of hydrogen-bond acceptors (Lipinski definition) is 2. The predicted octanol–water partition coefficient (Wildman–Crippen LogP) is 3.62. The first-order valence-electron chi connectivity index (χ1n) is 9.76. The Morgan fingerprint density at radius 3 is 2.72 bits per heavy atom. The highest BCUT2D eigenvalue weighted by Crippen LogP contribution is 2.19. The molecule has 6 nitrogen and oxygen atoms in total. The van der Waals surface area contributed by atoms with Gasteiger partial charge in [-0.15, -0.1) is 24.0 Å². The number of halogens is 2. The molecule has 3 N–H and O–H groups in total. The van der Waals surface area contributed by atoms with E-state index in [-0.39, 0.29) is 29.8 Å². The van der Waals surface area contributed by atoms with Crippen LogP contribution >= 0.6 is 24.0 Å². The van der Waals surface area contributed by atoms with Crippen molar-refractivity contribution < 1.29 is 4.39 Å². The van der Waals surface area contributed by atoms with Gasteiger partial charge in [-0.25, -0.2) is 4.39 Å². The Balaban J connectivity index is 0.00000300. The number of aromatic amines is 1. The summed E-state index contributed by atoms with van der Waals surface area (Å²) in [5.41, 5.74) is 5.58. The monoisotopic (exact) mass is 512 g/mol. The molecule has 3 aromatic rings. The smallest absolute Gasteiger partial charge is 0.191 e. The lowest BCUT2D eigenvalue weighted by molar-refractivity contribution is 0.629. The van der Waals surface area contributed by atoms with Gasteiger partial charge in [-0.3, -0.25) is 9.67 Å². The first-order chi connectivity index (χ1) is 13.5. The number of nitrogens with zero attached hydrogens (tertiary/aromatic N) is 3. The van der Waals surface area contributed by atoms with E-state index >= 15 is 0 Å². The van der Waals surface area contributed by atoms with Crippen LogP contribution in [0.4, 0.5) is 4.39 Å². The number of aliphatic imine (C=N–C) groups is 1. The summed E-state index contributed by atoms with van der Waals surface area (Å²) >= 11 is 0. The van der Waals surface area contributed by atoms with Crippen LogP contribution in [0.3, 0.4) is 0 Å². The average molecular weight is 512 g/mol. The third kappa shape index (κ3) is 5.71.